The van der Waals surface area contributed by atoms with Gasteiger partial charge in [-0.15, -0.1) is 0 Å². The quantitative estimate of drug-likeness (QED) is 0.856. The van der Waals surface area contributed by atoms with Gasteiger partial charge in [-0.2, -0.15) is 13.2 Å². The Bertz CT molecular complexity index is 388. The average molecular weight is 271 g/mol. The highest BCUT2D eigenvalue weighted by Gasteiger charge is 2.45. The van der Waals surface area contributed by atoms with Crippen LogP contribution < -0.4 is 5.32 Å². The molecule has 1 N–H and O–H groups in total. The lowest BCUT2D eigenvalue weighted by atomic mass is 9.83. The van der Waals surface area contributed by atoms with Gasteiger partial charge in [-0.1, -0.05) is 43.2 Å². The minimum absolute atomic E-state index is 0.0471. The van der Waals surface area contributed by atoms with Crippen LogP contribution >= 0.6 is 0 Å². The van der Waals surface area contributed by atoms with Gasteiger partial charge in [0.15, 0.2) is 0 Å². The molecule has 19 heavy (non-hydrogen) atoms. The topological polar surface area (TPSA) is 12.0 Å². The molecule has 1 aliphatic rings. The molecular weight excluding hydrogens is 251 g/mol. The highest BCUT2D eigenvalue weighted by molar-refractivity contribution is 5.18. The predicted octanol–water partition coefficient (Wildman–Crippen LogP) is 4.46. The normalized spacial score (nSPS) is 26.1. The number of alkyl halides is 3. The molecule has 1 aromatic carbocycles. The lowest BCUT2D eigenvalue weighted by molar-refractivity contribution is -0.189. The molecule has 0 heterocycles. The molecule has 1 aromatic rings. The predicted molar refractivity (Wildman–Crippen MR) is 69.8 cm³/mol. The molecule has 0 saturated heterocycles. The van der Waals surface area contributed by atoms with Crippen LogP contribution in [0.1, 0.15) is 44.2 Å². The largest absolute Gasteiger partial charge is 0.393 e. The van der Waals surface area contributed by atoms with Crippen molar-refractivity contribution in [2.24, 2.45) is 5.92 Å². The fourth-order valence-electron chi connectivity index (χ4n) is 2.88. The monoisotopic (exact) mass is 271 g/mol. The van der Waals surface area contributed by atoms with E-state index in [1.54, 1.807) is 0 Å². The van der Waals surface area contributed by atoms with Crippen molar-refractivity contribution in [1.29, 1.82) is 0 Å². The summed E-state index contributed by atoms with van der Waals surface area (Å²) in [6.45, 7) is 1.93. The molecule has 0 aromatic heterocycles. The highest BCUT2D eigenvalue weighted by Crippen LogP contribution is 2.38. The molecule has 0 radical (unpaired) electrons. The molecule has 1 saturated carbocycles. The Kier molecular flexibility index (Phi) is 4.50. The zero-order valence-electron chi connectivity index (χ0n) is 11.1. The van der Waals surface area contributed by atoms with Gasteiger partial charge >= 0.3 is 6.18 Å². The third-order valence-corrected chi connectivity index (χ3v) is 3.95. The first kappa shape index (κ1) is 14.4. The van der Waals surface area contributed by atoms with E-state index in [1.165, 1.54) is 0 Å². The van der Waals surface area contributed by atoms with Crippen molar-refractivity contribution >= 4 is 0 Å². The van der Waals surface area contributed by atoms with Gasteiger partial charge in [-0.05, 0) is 25.3 Å². The van der Waals surface area contributed by atoms with Gasteiger partial charge in [-0.25, -0.2) is 0 Å². The van der Waals surface area contributed by atoms with Gasteiger partial charge in [0.2, 0.25) is 0 Å². The van der Waals surface area contributed by atoms with E-state index in [0.29, 0.717) is 12.8 Å². The van der Waals surface area contributed by atoms with Gasteiger partial charge in [0.1, 0.15) is 0 Å². The van der Waals surface area contributed by atoms with Gasteiger partial charge in [0.25, 0.3) is 0 Å². The fourth-order valence-corrected chi connectivity index (χ4v) is 2.88. The van der Waals surface area contributed by atoms with Crippen LogP contribution in [0.3, 0.4) is 0 Å². The summed E-state index contributed by atoms with van der Waals surface area (Å²) in [5.74, 6) is -1.20. The lowest BCUT2D eigenvalue weighted by Gasteiger charge is -2.35. The molecule has 1 aliphatic carbocycles. The van der Waals surface area contributed by atoms with Gasteiger partial charge in [-0.3, -0.25) is 0 Å². The summed E-state index contributed by atoms with van der Waals surface area (Å²) >= 11 is 0. The lowest BCUT2D eigenvalue weighted by Crippen LogP contribution is -2.46. The Hall–Kier alpha value is -1.03. The Morgan fingerprint density at radius 2 is 1.74 bits per heavy atom. The van der Waals surface area contributed by atoms with Crippen LogP contribution in [0.25, 0.3) is 0 Å². The molecule has 0 aliphatic heterocycles. The molecule has 106 valence electrons. The van der Waals surface area contributed by atoms with E-state index in [-0.39, 0.29) is 12.5 Å². The van der Waals surface area contributed by atoms with Crippen LogP contribution in [0, 0.1) is 5.92 Å². The van der Waals surface area contributed by atoms with Crippen molar-refractivity contribution in [3.05, 3.63) is 35.9 Å². The Morgan fingerprint density at radius 1 is 1.11 bits per heavy atom. The molecule has 0 spiro atoms. The summed E-state index contributed by atoms with van der Waals surface area (Å²) in [5, 5.41) is 3.17. The number of halogens is 3. The summed E-state index contributed by atoms with van der Waals surface area (Å²) in [6, 6.07) is 9.13. The van der Waals surface area contributed by atoms with Crippen molar-refractivity contribution < 1.29 is 13.2 Å². The summed E-state index contributed by atoms with van der Waals surface area (Å²) in [6.07, 6.45) is -1.66. The molecule has 1 nitrogen and oxygen atoms in total. The summed E-state index contributed by atoms with van der Waals surface area (Å²) in [4.78, 5) is 0. The van der Waals surface area contributed by atoms with Gasteiger partial charge in [0, 0.05) is 12.1 Å². The standard InChI is InChI=1S/C15H20F3N/c1-11(12-7-3-2-4-8-12)19-14-10-6-5-9-13(14)15(16,17)18/h2-4,7-8,11,13-14,19H,5-6,9-10H2,1H3/t11-,13?,14?/m0/s1. The van der Waals surface area contributed by atoms with Crippen molar-refractivity contribution in [3.63, 3.8) is 0 Å². The van der Waals surface area contributed by atoms with Crippen LogP contribution in [-0.2, 0) is 0 Å². The molecule has 2 rings (SSSR count). The van der Waals surface area contributed by atoms with E-state index >= 15 is 0 Å². The summed E-state index contributed by atoms with van der Waals surface area (Å²) in [7, 11) is 0. The summed E-state index contributed by atoms with van der Waals surface area (Å²) < 4.78 is 39.0. The molecule has 3 atom stereocenters. The molecule has 1 fully saturated rings. The third kappa shape index (κ3) is 3.72. The Balaban J connectivity index is 2.04. The molecule has 2 unspecified atom stereocenters. The van der Waals surface area contributed by atoms with E-state index < -0.39 is 18.1 Å². The van der Waals surface area contributed by atoms with E-state index in [0.717, 1.165) is 12.0 Å². The van der Waals surface area contributed by atoms with Crippen LogP contribution in [0.4, 0.5) is 13.2 Å². The first-order valence-corrected chi connectivity index (χ1v) is 6.86. The minimum atomic E-state index is -4.09. The second-order valence-electron chi connectivity index (χ2n) is 5.34. The van der Waals surface area contributed by atoms with Crippen LogP contribution in [0.2, 0.25) is 0 Å². The second-order valence-corrected chi connectivity index (χ2v) is 5.34. The highest BCUT2D eigenvalue weighted by atomic mass is 19.4. The molecule has 0 amide bonds. The van der Waals surface area contributed by atoms with Crippen molar-refractivity contribution in [2.75, 3.05) is 0 Å². The van der Waals surface area contributed by atoms with Gasteiger partial charge in [0.05, 0.1) is 5.92 Å². The maximum absolute atomic E-state index is 13.0. The van der Waals surface area contributed by atoms with Crippen LogP contribution in [-0.4, -0.2) is 12.2 Å². The second kappa shape index (κ2) is 5.95. The van der Waals surface area contributed by atoms with Crippen molar-refractivity contribution in [2.45, 2.75) is 50.9 Å². The van der Waals surface area contributed by atoms with E-state index in [4.69, 9.17) is 0 Å². The van der Waals surface area contributed by atoms with Gasteiger partial charge < -0.3 is 5.32 Å². The molecule has 4 heteroatoms. The maximum atomic E-state index is 13.0. The van der Waals surface area contributed by atoms with Crippen molar-refractivity contribution in [1.82, 2.24) is 5.32 Å². The summed E-state index contributed by atoms with van der Waals surface area (Å²) in [5.41, 5.74) is 1.04. The zero-order valence-corrected chi connectivity index (χ0v) is 11.1. The van der Waals surface area contributed by atoms with E-state index in [1.807, 2.05) is 37.3 Å². The molecule has 0 bridgehead atoms. The van der Waals surface area contributed by atoms with E-state index in [2.05, 4.69) is 5.32 Å². The Labute approximate surface area is 112 Å². The first-order chi connectivity index (χ1) is 8.98. The third-order valence-electron chi connectivity index (χ3n) is 3.95. The van der Waals surface area contributed by atoms with Crippen molar-refractivity contribution in [3.8, 4) is 0 Å². The number of hydrogen-bond donors (Lipinski definition) is 1. The van der Waals surface area contributed by atoms with E-state index in [9.17, 15) is 13.2 Å². The SMILES string of the molecule is C[C@H](NC1CCCCC1C(F)(F)F)c1ccccc1. The maximum Gasteiger partial charge on any atom is 0.393 e. The van der Waals surface area contributed by atoms with Crippen LogP contribution in [0.15, 0.2) is 30.3 Å². The number of hydrogen-bond acceptors (Lipinski definition) is 1. The zero-order chi connectivity index (χ0) is 13.9. The average Bonchev–Trinajstić information content (AvgIpc) is 2.39. The van der Waals surface area contributed by atoms with Crippen LogP contribution in [0.5, 0.6) is 0 Å². The number of rotatable bonds is 3. The smallest absolute Gasteiger partial charge is 0.307 e. The Morgan fingerprint density at radius 3 is 2.37 bits per heavy atom. The molecular formula is C15H20F3N. The minimum Gasteiger partial charge on any atom is -0.307 e. The number of benzene rings is 1. The number of nitrogens with one attached hydrogen (secondary N) is 1. The first-order valence-electron chi connectivity index (χ1n) is 6.86. The fraction of sp³-hybridized carbons (Fsp3) is 0.600.